The molecule has 0 unspecified atom stereocenters. The van der Waals surface area contributed by atoms with E-state index in [-0.39, 0.29) is 12.8 Å². The second kappa shape index (κ2) is 27.2. The maximum Gasteiger partial charge on any atom is 0.349 e. The third-order valence-electron chi connectivity index (χ3n) is 7.52. The van der Waals surface area contributed by atoms with Gasteiger partial charge in [0.05, 0.1) is 0 Å². The molecule has 45 heavy (non-hydrogen) atoms. The van der Waals surface area contributed by atoms with Crippen molar-refractivity contribution >= 4 is 35.8 Å². The van der Waals surface area contributed by atoms with Crippen LogP contribution in [0.25, 0.3) is 0 Å². The molecular weight excluding hydrogens is 586 g/mol. The molecule has 0 saturated carbocycles. The van der Waals surface area contributed by atoms with E-state index < -0.39 is 66.8 Å². The molecule has 0 aliphatic heterocycles. The molecule has 260 valence electrons. The highest BCUT2D eigenvalue weighted by Gasteiger charge is 2.41. The van der Waals surface area contributed by atoms with Crippen LogP contribution in [0, 0.1) is 0 Å². The van der Waals surface area contributed by atoms with E-state index in [4.69, 9.17) is 14.6 Å². The zero-order valence-corrected chi connectivity index (χ0v) is 27.4. The maximum atomic E-state index is 13.1. The fourth-order valence-electron chi connectivity index (χ4n) is 4.83. The lowest BCUT2D eigenvalue weighted by Crippen LogP contribution is -2.53. The predicted octanol–water partition coefficient (Wildman–Crippen LogP) is 6.17. The van der Waals surface area contributed by atoms with Crippen LogP contribution in [0.2, 0.25) is 0 Å². The van der Waals surface area contributed by atoms with Crippen molar-refractivity contribution < 1.29 is 53.6 Å². The quantitative estimate of drug-likeness (QED) is 0.0516. The predicted molar refractivity (Wildman–Crippen MR) is 168 cm³/mol. The number of rotatable bonds is 30. The molecule has 0 spiro atoms. The largest absolute Gasteiger partial charge is 0.481 e. The third-order valence-corrected chi connectivity index (χ3v) is 7.52. The SMILES string of the molecule is CCCCCCCCCCCC(=O)O[C@@H](C(=O)O)[C@@H](OC(=O)CCCCCCCCCCC)C(=O)N[C@@H](CCC(=O)O)C(=O)O. The highest BCUT2D eigenvalue weighted by Crippen LogP contribution is 2.16. The molecule has 0 fully saturated rings. The molecule has 0 aliphatic carbocycles. The summed E-state index contributed by atoms with van der Waals surface area (Å²) in [5.74, 6) is -7.69. The van der Waals surface area contributed by atoms with Crippen LogP contribution >= 0.6 is 0 Å². The van der Waals surface area contributed by atoms with Crippen LogP contribution in [0.3, 0.4) is 0 Å². The minimum Gasteiger partial charge on any atom is -0.481 e. The van der Waals surface area contributed by atoms with Crippen molar-refractivity contribution in [3.05, 3.63) is 0 Å². The number of unbranched alkanes of at least 4 members (excludes halogenated alkanes) is 16. The first-order chi connectivity index (χ1) is 21.5. The van der Waals surface area contributed by atoms with Gasteiger partial charge in [0.1, 0.15) is 6.04 Å². The zero-order chi connectivity index (χ0) is 33.9. The van der Waals surface area contributed by atoms with E-state index in [2.05, 4.69) is 13.8 Å². The first-order valence-corrected chi connectivity index (χ1v) is 16.9. The second-order valence-electron chi connectivity index (χ2n) is 11.6. The van der Waals surface area contributed by atoms with Gasteiger partial charge in [-0.3, -0.25) is 19.2 Å². The Hall–Kier alpha value is -3.18. The minimum absolute atomic E-state index is 0.100. The summed E-state index contributed by atoms with van der Waals surface area (Å²) in [6.07, 6.45) is 12.2. The van der Waals surface area contributed by atoms with Gasteiger partial charge < -0.3 is 30.1 Å². The van der Waals surface area contributed by atoms with E-state index in [1.54, 1.807) is 0 Å². The number of esters is 2. The van der Waals surface area contributed by atoms with Crippen molar-refractivity contribution in [3.8, 4) is 0 Å². The average Bonchev–Trinajstić information content (AvgIpc) is 2.98. The fourth-order valence-corrected chi connectivity index (χ4v) is 4.83. The van der Waals surface area contributed by atoms with Crippen LogP contribution in [-0.2, 0) is 38.2 Å². The first kappa shape index (κ1) is 41.8. The van der Waals surface area contributed by atoms with Gasteiger partial charge in [0.25, 0.3) is 5.91 Å². The number of hydrogen-bond acceptors (Lipinski definition) is 8. The molecule has 12 heteroatoms. The Bertz CT molecular complexity index is 877. The molecule has 0 aromatic heterocycles. The van der Waals surface area contributed by atoms with Gasteiger partial charge in [-0.05, 0) is 19.3 Å². The molecule has 0 rings (SSSR count). The number of hydrogen-bond donors (Lipinski definition) is 4. The summed E-state index contributed by atoms with van der Waals surface area (Å²) in [5.41, 5.74) is 0. The van der Waals surface area contributed by atoms with Gasteiger partial charge >= 0.3 is 29.8 Å². The maximum absolute atomic E-state index is 13.1. The van der Waals surface area contributed by atoms with Crippen molar-refractivity contribution in [1.82, 2.24) is 5.32 Å². The highest BCUT2D eigenvalue weighted by atomic mass is 16.6. The molecule has 3 atom stereocenters. The molecule has 4 N–H and O–H groups in total. The summed E-state index contributed by atoms with van der Waals surface area (Å²) >= 11 is 0. The van der Waals surface area contributed by atoms with E-state index in [9.17, 15) is 39.0 Å². The Balaban J connectivity index is 5.21. The summed E-state index contributed by atoms with van der Waals surface area (Å²) in [7, 11) is 0. The molecule has 0 heterocycles. The molecule has 0 aromatic carbocycles. The van der Waals surface area contributed by atoms with Crippen LogP contribution in [0.15, 0.2) is 0 Å². The molecule has 0 saturated heterocycles. The number of amides is 1. The van der Waals surface area contributed by atoms with E-state index >= 15 is 0 Å². The summed E-state index contributed by atoms with van der Waals surface area (Å²) in [6.45, 7) is 4.30. The van der Waals surface area contributed by atoms with E-state index in [0.29, 0.717) is 12.8 Å². The number of aliphatic carboxylic acids is 3. The number of carbonyl (C=O) groups is 6. The fraction of sp³-hybridized carbons (Fsp3) is 0.818. The van der Waals surface area contributed by atoms with Gasteiger partial charge in [0.2, 0.25) is 12.2 Å². The van der Waals surface area contributed by atoms with Crippen molar-refractivity contribution in [2.24, 2.45) is 0 Å². The van der Waals surface area contributed by atoms with Gasteiger partial charge in [-0.1, -0.05) is 117 Å². The number of carboxylic acid groups (broad SMARTS) is 3. The third kappa shape index (κ3) is 22.9. The Morgan fingerprint density at radius 3 is 1.24 bits per heavy atom. The molecular formula is C33H57NO11. The lowest BCUT2D eigenvalue weighted by atomic mass is 10.1. The van der Waals surface area contributed by atoms with Gasteiger partial charge in [-0.2, -0.15) is 0 Å². The van der Waals surface area contributed by atoms with Crippen molar-refractivity contribution in [2.45, 2.75) is 173 Å². The smallest absolute Gasteiger partial charge is 0.349 e. The van der Waals surface area contributed by atoms with Crippen LogP contribution in [-0.4, -0.2) is 69.3 Å². The average molecular weight is 644 g/mol. The van der Waals surface area contributed by atoms with Crippen molar-refractivity contribution in [3.63, 3.8) is 0 Å². The summed E-state index contributed by atoms with van der Waals surface area (Å²) in [6, 6.07) is -1.70. The van der Waals surface area contributed by atoms with Crippen LogP contribution < -0.4 is 5.32 Å². The topological polar surface area (TPSA) is 194 Å². The van der Waals surface area contributed by atoms with Crippen molar-refractivity contribution in [2.75, 3.05) is 0 Å². The summed E-state index contributed by atoms with van der Waals surface area (Å²) in [5, 5.41) is 30.2. The van der Waals surface area contributed by atoms with Gasteiger partial charge in [0, 0.05) is 19.3 Å². The molecule has 0 bridgehead atoms. The Labute approximate surface area is 268 Å². The lowest BCUT2D eigenvalue weighted by Gasteiger charge is -2.25. The highest BCUT2D eigenvalue weighted by molar-refractivity contribution is 5.93. The number of ether oxygens (including phenoxy) is 2. The van der Waals surface area contributed by atoms with Gasteiger partial charge in [-0.15, -0.1) is 0 Å². The standard InChI is InChI=1S/C33H57NO11/c1-3-5-7-9-11-13-15-17-19-21-27(37)44-29(31(39)34-25(32(40)41)23-24-26(35)36)30(33(42)43)45-28(38)22-20-18-16-14-12-10-8-6-4-2/h25,29-30H,3-24H2,1-2H3,(H,34,39)(H,35,36)(H,40,41)(H,42,43)/t25-,29+,30+/m0/s1. The molecule has 0 aromatic rings. The van der Waals surface area contributed by atoms with E-state index in [1.807, 2.05) is 5.32 Å². The molecule has 0 aliphatic rings. The Morgan fingerprint density at radius 1 is 0.511 bits per heavy atom. The first-order valence-electron chi connectivity index (χ1n) is 16.9. The summed E-state index contributed by atoms with van der Waals surface area (Å²) in [4.78, 5) is 72.9. The summed E-state index contributed by atoms with van der Waals surface area (Å²) < 4.78 is 10.3. The van der Waals surface area contributed by atoms with Gasteiger partial charge in [0.15, 0.2) is 0 Å². The number of carboxylic acids is 3. The zero-order valence-electron chi connectivity index (χ0n) is 27.4. The normalized spacial score (nSPS) is 12.9. The van der Waals surface area contributed by atoms with E-state index in [0.717, 1.165) is 64.2 Å². The number of carbonyl (C=O) groups excluding carboxylic acids is 3. The second-order valence-corrected chi connectivity index (χ2v) is 11.6. The Kier molecular flexibility index (Phi) is 25.2. The Morgan fingerprint density at radius 2 is 0.889 bits per heavy atom. The van der Waals surface area contributed by atoms with E-state index in [1.165, 1.54) is 38.5 Å². The molecule has 12 nitrogen and oxygen atoms in total. The van der Waals surface area contributed by atoms with Crippen molar-refractivity contribution in [1.29, 1.82) is 0 Å². The van der Waals surface area contributed by atoms with Crippen LogP contribution in [0.4, 0.5) is 0 Å². The van der Waals surface area contributed by atoms with Crippen LogP contribution in [0.5, 0.6) is 0 Å². The monoisotopic (exact) mass is 643 g/mol. The lowest BCUT2D eigenvalue weighted by molar-refractivity contribution is -0.183. The molecule has 0 radical (unpaired) electrons. The minimum atomic E-state index is -2.21. The van der Waals surface area contributed by atoms with Crippen LogP contribution in [0.1, 0.15) is 155 Å². The van der Waals surface area contributed by atoms with Gasteiger partial charge in [-0.25, -0.2) is 9.59 Å². The molecule has 1 amide bonds. The number of nitrogens with one attached hydrogen (secondary N) is 1.